The van der Waals surface area contributed by atoms with Gasteiger partial charge in [-0.1, -0.05) is 0 Å². The van der Waals surface area contributed by atoms with Gasteiger partial charge in [-0.15, -0.1) is 0 Å². The van der Waals surface area contributed by atoms with Gasteiger partial charge >= 0.3 is 11.9 Å². The van der Waals surface area contributed by atoms with Gasteiger partial charge in [-0.3, -0.25) is 14.4 Å². The van der Waals surface area contributed by atoms with Crippen LogP contribution in [0.4, 0.5) is 4.39 Å². The lowest BCUT2D eigenvalue weighted by Gasteiger charge is -2.31. The average Bonchev–Trinajstić information content (AvgIpc) is 3.12. The number of piperidine rings is 1. The summed E-state index contributed by atoms with van der Waals surface area (Å²) in [6, 6.07) is 5.34. The molecular weight excluding hydrogens is 443 g/mol. The van der Waals surface area contributed by atoms with Gasteiger partial charge in [0.05, 0.1) is 23.8 Å². The van der Waals surface area contributed by atoms with Gasteiger partial charge in [0.1, 0.15) is 5.82 Å². The van der Waals surface area contributed by atoms with Crippen molar-refractivity contribution in [2.24, 2.45) is 5.92 Å². The van der Waals surface area contributed by atoms with Gasteiger partial charge in [-0.25, -0.2) is 9.18 Å². The standard InChI is InChI=1S/C25H29FN2O6/c1-5-33-25(32)20-14(2)21(27-15(20)3)22(29)16(4)34-24(31)18-10-12-28(13-11-18)23(30)17-6-8-19(26)9-7-17/h6-9,16,18,27H,5,10-13H2,1-4H3/t16-/m1/s1. The smallest absolute Gasteiger partial charge is 0.340 e. The molecule has 0 radical (unpaired) electrons. The molecule has 182 valence electrons. The van der Waals surface area contributed by atoms with E-state index in [2.05, 4.69) is 4.98 Å². The van der Waals surface area contributed by atoms with Gasteiger partial charge in [0.25, 0.3) is 5.91 Å². The summed E-state index contributed by atoms with van der Waals surface area (Å²) in [6.45, 7) is 7.44. The number of Topliss-reactive ketones (excluding diaryl/α,β-unsaturated/α-hetero) is 1. The second-order valence-electron chi connectivity index (χ2n) is 8.36. The number of aromatic nitrogens is 1. The minimum Gasteiger partial charge on any atom is -0.462 e. The second-order valence-corrected chi connectivity index (χ2v) is 8.36. The molecule has 9 heteroatoms. The van der Waals surface area contributed by atoms with Gasteiger partial charge in [0.15, 0.2) is 6.10 Å². The van der Waals surface area contributed by atoms with Crippen molar-refractivity contribution in [1.29, 1.82) is 0 Å². The lowest BCUT2D eigenvalue weighted by molar-refractivity contribution is -0.152. The van der Waals surface area contributed by atoms with E-state index in [0.717, 1.165) is 0 Å². The summed E-state index contributed by atoms with van der Waals surface area (Å²) in [5.74, 6) is -2.52. The zero-order valence-corrected chi connectivity index (χ0v) is 19.8. The number of ether oxygens (including phenoxy) is 2. The van der Waals surface area contributed by atoms with E-state index in [1.54, 1.807) is 25.7 Å². The maximum atomic E-state index is 13.1. The Kier molecular flexibility index (Phi) is 7.86. The van der Waals surface area contributed by atoms with Crippen molar-refractivity contribution in [2.45, 2.75) is 46.6 Å². The third-order valence-electron chi connectivity index (χ3n) is 6.03. The molecule has 1 N–H and O–H groups in total. The van der Waals surface area contributed by atoms with Gasteiger partial charge in [-0.05, 0) is 70.4 Å². The molecule has 1 atom stereocenters. The number of likely N-dealkylation sites (tertiary alicyclic amines) is 1. The van der Waals surface area contributed by atoms with Crippen LogP contribution in [0.15, 0.2) is 24.3 Å². The SMILES string of the molecule is CCOC(=O)c1c(C)[nH]c(C(=O)[C@@H](C)OC(=O)C2CCN(C(=O)c3ccc(F)cc3)CC2)c1C. The molecule has 1 fully saturated rings. The van der Waals surface area contributed by atoms with Crippen LogP contribution < -0.4 is 0 Å². The summed E-state index contributed by atoms with van der Waals surface area (Å²) in [6.07, 6.45) is -0.237. The highest BCUT2D eigenvalue weighted by atomic mass is 19.1. The molecular formula is C25H29FN2O6. The number of rotatable bonds is 7. The Balaban J connectivity index is 1.57. The number of amides is 1. The number of nitrogens with zero attached hydrogens (tertiary/aromatic N) is 1. The Morgan fingerprint density at radius 1 is 1.12 bits per heavy atom. The largest absolute Gasteiger partial charge is 0.462 e. The van der Waals surface area contributed by atoms with E-state index < -0.39 is 35.6 Å². The predicted molar refractivity (Wildman–Crippen MR) is 121 cm³/mol. The lowest BCUT2D eigenvalue weighted by Crippen LogP contribution is -2.41. The van der Waals surface area contributed by atoms with Crippen LogP contribution in [-0.4, -0.2) is 59.3 Å². The number of carbonyl (C=O) groups excluding carboxylic acids is 4. The number of aromatic amines is 1. The molecule has 1 aromatic heterocycles. The van der Waals surface area contributed by atoms with E-state index >= 15 is 0 Å². The molecule has 1 aliphatic rings. The highest BCUT2D eigenvalue weighted by Gasteiger charge is 2.32. The maximum absolute atomic E-state index is 13.1. The Morgan fingerprint density at radius 3 is 2.32 bits per heavy atom. The number of ketones is 1. The Bertz CT molecular complexity index is 1080. The van der Waals surface area contributed by atoms with E-state index in [0.29, 0.717) is 48.3 Å². The van der Waals surface area contributed by atoms with Crippen molar-refractivity contribution in [1.82, 2.24) is 9.88 Å². The summed E-state index contributed by atoms with van der Waals surface area (Å²) in [5, 5.41) is 0. The van der Waals surface area contributed by atoms with Crippen molar-refractivity contribution in [3.8, 4) is 0 Å². The fraction of sp³-hybridized carbons (Fsp3) is 0.440. The van der Waals surface area contributed by atoms with Crippen molar-refractivity contribution in [3.05, 3.63) is 58.2 Å². The molecule has 1 amide bonds. The van der Waals surface area contributed by atoms with E-state index in [1.165, 1.54) is 31.2 Å². The number of aryl methyl sites for hydroxylation is 1. The molecule has 2 aromatic rings. The Hall–Kier alpha value is -3.49. The maximum Gasteiger partial charge on any atom is 0.340 e. The zero-order chi connectivity index (χ0) is 25.0. The van der Waals surface area contributed by atoms with Crippen molar-refractivity contribution in [3.63, 3.8) is 0 Å². The molecule has 1 saturated heterocycles. The number of nitrogens with one attached hydrogen (secondary N) is 1. The number of benzene rings is 1. The number of carbonyl (C=O) groups is 4. The van der Waals surface area contributed by atoms with Crippen LogP contribution >= 0.6 is 0 Å². The van der Waals surface area contributed by atoms with E-state index in [9.17, 15) is 23.6 Å². The quantitative estimate of drug-likeness (QED) is 0.487. The number of hydrogen-bond acceptors (Lipinski definition) is 6. The van der Waals surface area contributed by atoms with Crippen LogP contribution in [0.25, 0.3) is 0 Å². The minimum atomic E-state index is -1.04. The third kappa shape index (κ3) is 5.35. The first-order valence-electron chi connectivity index (χ1n) is 11.3. The molecule has 0 saturated carbocycles. The monoisotopic (exact) mass is 472 g/mol. The molecule has 0 aliphatic carbocycles. The number of hydrogen-bond donors (Lipinski definition) is 1. The first-order valence-corrected chi connectivity index (χ1v) is 11.3. The summed E-state index contributed by atoms with van der Waals surface area (Å²) in [4.78, 5) is 54.9. The van der Waals surface area contributed by atoms with Crippen LogP contribution in [-0.2, 0) is 14.3 Å². The topological polar surface area (TPSA) is 106 Å². The molecule has 0 spiro atoms. The minimum absolute atomic E-state index is 0.209. The van der Waals surface area contributed by atoms with Crippen LogP contribution in [0.3, 0.4) is 0 Å². The molecule has 1 aliphatic heterocycles. The van der Waals surface area contributed by atoms with Crippen molar-refractivity contribution < 1.29 is 33.0 Å². The normalized spacial score (nSPS) is 15.0. The summed E-state index contributed by atoms with van der Waals surface area (Å²) < 4.78 is 23.6. The Morgan fingerprint density at radius 2 is 1.74 bits per heavy atom. The van der Waals surface area contributed by atoms with Crippen molar-refractivity contribution in [2.75, 3.05) is 19.7 Å². The predicted octanol–water partition coefficient (Wildman–Crippen LogP) is 3.61. The van der Waals surface area contributed by atoms with Crippen LogP contribution in [0.1, 0.15) is 69.2 Å². The van der Waals surface area contributed by atoms with E-state index in [1.807, 2.05) is 0 Å². The fourth-order valence-corrected chi connectivity index (χ4v) is 4.13. The van der Waals surface area contributed by atoms with Gasteiger partial charge in [0.2, 0.25) is 5.78 Å². The molecule has 3 rings (SSSR count). The summed E-state index contributed by atoms with van der Waals surface area (Å²) in [5.41, 5.74) is 1.87. The van der Waals surface area contributed by atoms with Crippen LogP contribution in [0, 0.1) is 25.6 Å². The molecule has 0 unspecified atom stereocenters. The van der Waals surface area contributed by atoms with E-state index in [4.69, 9.17) is 9.47 Å². The second kappa shape index (κ2) is 10.6. The summed E-state index contributed by atoms with van der Waals surface area (Å²) >= 11 is 0. The average molecular weight is 473 g/mol. The molecule has 0 bridgehead atoms. The van der Waals surface area contributed by atoms with Crippen LogP contribution in [0.5, 0.6) is 0 Å². The van der Waals surface area contributed by atoms with Crippen molar-refractivity contribution >= 4 is 23.6 Å². The lowest BCUT2D eigenvalue weighted by atomic mass is 9.96. The number of H-pyrrole nitrogens is 1. The highest BCUT2D eigenvalue weighted by molar-refractivity contribution is 6.04. The van der Waals surface area contributed by atoms with Gasteiger partial charge in [0, 0.05) is 24.3 Å². The first-order chi connectivity index (χ1) is 16.1. The highest BCUT2D eigenvalue weighted by Crippen LogP contribution is 2.24. The zero-order valence-electron chi connectivity index (χ0n) is 19.8. The third-order valence-corrected chi connectivity index (χ3v) is 6.03. The summed E-state index contributed by atoms with van der Waals surface area (Å²) in [7, 11) is 0. The fourth-order valence-electron chi connectivity index (χ4n) is 4.13. The molecule has 8 nitrogen and oxygen atoms in total. The van der Waals surface area contributed by atoms with Gasteiger partial charge < -0.3 is 19.4 Å². The van der Waals surface area contributed by atoms with E-state index in [-0.39, 0.29) is 18.2 Å². The first kappa shape index (κ1) is 25.1. The Labute approximate surface area is 197 Å². The number of halogens is 1. The molecule has 34 heavy (non-hydrogen) atoms. The van der Waals surface area contributed by atoms with Gasteiger partial charge in [-0.2, -0.15) is 0 Å². The molecule has 2 heterocycles. The molecule has 1 aromatic carbocycles. The van der Waals surface area contributed by atoms with Crippen LogP contribution in [0.2, 0.25) is 0 Å². The number of esters is 2.